The maximum absolute atomic E-state index is 12.9. The lowest BCUT2D eigenvalue weighted by Crippen LogP contribution is -2.39. The molecule has 2 aromatic carbocycles. The molecule has 3 aromatic rings. The van der Waals surface area contributed by atoms with E-state index in [2.05, 4.69) is 41.5 Å². The molecule has 1 fully saturated rings. The van der Waals surface area contributed by atoms with Crippen molar-refractivity contribution in [2.75, 3.05) is 18.0 Å². The Bertz CT molecular complexity index is 1100. The van der Waals surface area contributed by atoms with E-state index < -0.39 is 9.84 Å². The monoisotopic (exact) mass is 474 g/mol. The predicted molar refractivity (Wildman–Crippen MR) is 129 cm³/mol. The second kappa shape index (κ2) is 9.72. The first-order valence-electron chi connectivity index (χ1n) is 10.7. The Kier molecular flexibility index (Phi) is 6.99. The number of piperidine rings is 1. The minimum atomic E-state index is -3.33. The number of hydrogen-bond acceptors (Lipinski definition) is 5. The fraction of sp³-hybridized carbons (Fsp3) is 0.375. The summed E-state index contributed by atoms with van der Waals surface area (Å²) in [5, 5.41) is 3.29. The summed E-state index contributed by atoms with van der Waals surface area (Å²) in [5.74, 6) is 0. The summed E-state index contributed by atoms with van der Waals surface area (Å²) < 4.78 is 25.9. The minimum absolute atomic E-state index is 0.356. The SMILES string of the molecule is CCCc1ccc(Cc2csc(N3CCC(S(=O)(=O)c4ccc(Cl)cc4)CC3)n2)cc1. The fourth-order valence-electron chi connectivity index (χ4n) is 4.02. The van der Waals surface area contributed by atoms with Crippen LogP contribution in [0.3, 0.4) is 0 Å². The molecule has 164 valence electrons. The van der Waals surface area contributed by atoms with Crippen LogP contribution in [0, 0.1) is 0 Å². The standard InChI is InChI=1S/C24H27ClN2O2S2/c1-2-3-18-4-6-19(7-5-18)16-21-17-30-24(26-21)27-14-12-23(13-15-27)31(28,29)22-10-8-20(25)9-11-22/h4-11,17,23H,2-3,12-16H2,1H3. The van der Waals surface area contributed by atoms with Crippen molar-refractivity contribution < 1.29 is 8.42 Å². The molecule has 0 bridgehead atoms. The number of halogens is 1. The lowest BCUT2D eigenvalue weighted by atomic mass is 10.1. The van der Waals surface area contributed by atoms with Crippen molar-refractivity contribution in [3.8, 4) is 0 Å². The number of aromatic nitrogens is 1. The Morgan fingerprint density at radius 2 is 1.68 bits per heavy atom. The summed E-state index contributed by atoms with van der Waals surface area (Å²) in [4.78, 5) is 7.40. The first-order chi connectivity index (χ1) is 15.0. The van der Waals surface area contributed by atoms with Gasteiger partial charge >= 0.3 is 0 Å². The molecule has 0 radical (unpaired) electrons. The first kappa shape index (κ1) is 22.3. The van der Waals surface area contributed by atoms with Gasteiger partial charge in [0.2, 0.25) is 0 Å². The summed E-state index contributed by atoms with van der Waals surface area (Å²) in [6.07, 6.45) is 4.32. The summed E-state index contributed by atoms with van der Waals surface area (Å²) in [6, 6.07) is 15.3. The van der Waals surface area contributed by atoms with Crippen LogP contribution in [0.4, 0.5) is 5.13 Å². The van der Waals surface area contributed by atoms with Crippen LogP contribution in [0.2, 0.25) is 5.02 Å². The van der Waals surface area contributed by atoms with E-state index in [-0.39, 0.29) is 5.25 Å². The molecule has 1 saturated heterocycles. The van der Waals surface area contributed by atoms with Gasteiger partial charge in [-0.15, -0.1) is 11.3 Å². The van der Waals surface area contributed by atoms with Crippen LogP contribution < -0.4 is 4.90 Å². The number of anilines is 1. The van der Waals surface area contributed by atoms with E-state index >= 15 is 0 Å². The zero-order valence-electron chi connectivity index (χ0n) is 17.6. The van der Waals surface area contributed by atoms with Crippen molar-refractivity contribution >= 4 is 37.9 Å². The highest BCUT2D eigenvalue weighted by atomic mass is 35.5. The largest absolute Gasteiger partial charge is 0.348 e. The predicted octanol–water partition coefficient (Wildman–Crippen LogP) is 5.78. The van der Waals surface area contributed by atoms with Crippen molar-refractivity contribution in [1.82, 2.24) is 4.98 Å². The number of nitrogens with zero attached hydrogens (tertiary/aromatic N) is 2. The highest BCUT2D eigenvalue weighted by Crippen LogP contribution is 2.30. The number of rotatable bonds is 7. The van der Waals surface area contributed by atoms with Gasteiger partial charge < -0.3 is 4.90 Å². The average molecular weight is 475 g/mol. The highest BCUT2D eigenvalue weighted by molar-refractivity contribution is 7.92. The normalized spacial score (nSPS) is 15.4. The molecule has 4 rings (SSSR count). The quantitative estimate of drug-likeness (QED) is 0.435. The third-order valence-electron chi connectivity index (χ3n) is 5.78. The number of sulfone groups is 1. The van der Waals surface area contributed by atoms with Crippen LogP contribution in [-0.2, 0) is 22.7 Å². The number of thiazole rings is 1. The Morgan fingerprint density at radius 3 is 2.32 bits per heavy atom. The van der Waals surface area contributed by atoms with E-state index in [1.54, 1.807) is 35.6 Å². The van der Waals surface area contributed by atoms with Crippen molar-refractivity contribution in [2.24, 2.45) is 0 Å². The number of hydrogen-bond donors (Lipinski definition) is 0. The van der Waals surface area contributed by atoms with Crippen molar-refractivity contribution in [3.63, 3.8) is 0 Å². The average Bonchev–Trinajstić information content (AvgIpc) is 3.24. The molecular formula is C24H27ClN2O2S2. The molecule has 31 heavy (non-hydrogen) atoms. The van der Waals surface area contributed by atoms with Crippen LogP contribution in [-0.4, -0.2) is 31.7 Å². The van der Waals surface area contributed by atoms with Gasteiger partial charge in [-0.1, -0.05) is 49.2 Å². The summed E-state index contributed by atoms with van der Waals surface area (Å²) in [7, 11) is -3.33. The highest BCUT2D eigenvalue weighted by Gasteiger charge is 2.32. The van der Waals surface area contributed by atoms with Gasteiger partial charge in [-0.3, -0.25) is 0 Å². The van der Waals surface area contributed by atoms with Crippen molar-refractivity contribution in [2.45, 2.75) is 49.2 Å². The molecule has 0 unspecified atom stereocenters. The second-order valence-electron chi connectivity index (χ2n) is 8.05. The van der Waals surface area contributed by atoms with Gasteiger partial charge in [0.25, 0.3) is 0 Å². The summed E-state index contributed by atoms with van der Waals surface area (Å²) in [5.41, 5.74) is 3.71. The van der Waals surface area contributed by atoms with E-state index in [0.717, 1.165) is 30.1 Å². The van der Waals surface area contributed by atoms with Gasteiger partial charge in [-0.2, -0.15) is 0 Å². The molecule has 0 saturated carbocycles. The second-order valence-corrected chi connectivity index (χ2v) is 11.6. The summed E-state index contributed by atoms with van der Waals surface area (Å²) >= 11 is 7.54. The van der Waals surface area contributed by atoms with E-state index in [0.29, 0.717) is 35.8 Å². The molecule has 1 aromatic heterocycles. The lowest BCUT2D eigenvalue weighted by molar-refractivity contribution is 0.529. The molecule has 2 heterocycles. The van der Waals surface area contributed by atoms with E-state index in [1.807, 2.05) is 0 Å². The Morgan fingerprint density at radius 1 is 1.03 bits per heavy atom. The smallest absolute Gasteiger partial charge is 0.185 e. The zero-order chi connectivity index (χ0) is 21.8. The van der Waals surface area contributed by atoms with Gasteiger partial charge in [0.05, 0.1) is 15.8 Å². The van der Waals surface area contributed by atoms with Gasteiger partial charge in [0.15, 0.2) is 15.0 Å². The fourth-order valence-corrected chi connectivity index (χ4v) is 6.76. The molecule has 0 N–H and O–H groups in total. The summed E-state index contributed by atoms with van der Waals surface area (Å²) in [6.45, 7) is 3.60. The molecule has 7 heteroatoms. The van der Waals surface area contributed by atoms with Crippen molar-refractivity contribution in [1.29, 1.82) is 0 Å². The van der Waals surface area contributed by atoms with E-state index in [4.69, 9.17) is 16.6 Å². The van der Waals surface area contributed by atoms with Crippen LogP contribution in [0.15, 0.2) is 58.8 Å². The third-order valence-corrected chi connectivity index (χ3v) is 9.26. The van der Waals surface area contributed by atoms with Gasteiger partial charge in [0.1, 0.15) is 0 Å². The molecule has 1 aliphatic rings. The Balaban J connectivity index is 1.36. The maximum atomic E-state index is 12.9. The first-order valence-corrected chi connectivity index (χ1v) is 13.5. The van der Waals surface area contributed by atoms with Crippen LogP contribution in [0.25, 0.3) is 0 Å². The number of benzene rings is 2. The van der Waals surface area contributed by atoms with Gasteiger partial charge in [-0.25, -0.2) is 13.4 Å². The zero-order valence-corrected chi connectivity index (χ0v) is 20.0. The van der Waals surface area contributed by atoms with E-state index in [1.165, 1.54) is 11.1 Å². The molecule has 0 spiro atoms. The van der Waals surface area contributed by atoms with Gasteiger partial charge in [-0.05, 0) is 54.7 Å². The van der Waals surface area contributed by atoms with Crippen LogP contribution >= 0.6 is 22.9 Å². The Labute approximate surface area is 193 Å². The molecule has 0 amide bonds. The molecule has 0 atom stereocenters. The number of aryl methyl sites for hydroxylation is 1. The van der Waals surface area contributed by atoms with Gasteiger partial charge in [0, 0.05) is 29.9 Å². The van der Waals surface area contributed by atoms with E-state index in [9.17, 15) is 8.42 Å². The van der Waals surface area contributed by atoms with Crippen molar-refractivity contribution in [3.05, 3.63) is 75.8 Å². The minimum Gasteiger partial charge on any atom is -0.348 e. The third kappa shape index (κ3) is 5.30. The maximum Gasteiger partial charge on any atom is 0.185 e. The Hall–Kier alpha value is -1.89. The molecule has 4 nitrogen and oxygen atoms in total. The topological polar surface area (TPSA) is 50.3 Å². The lowest BCUT2D eigenvalue weighted by Gasteiger charge is -2.31. The van der Waals surface area contributed by atoms with Crippen LogP contribution in [0.1, 0.15) is 43.0 Å². The van der Waals surface area contributed by atoms with Crippen LogP contribution in [0.5, 0.6) is 0 Å². The molecule has 1 aliphatic heterocycles. The molecular weight excluding hydrogens is 448 g/mol. The molecule has 0 aliphatic carbocycles.